The molecule has 0 aliphatic rings. The molecule has 0 aliphatic carbocycles. The van der Waals surface area contributed by atoms with Gasteiger partial charge in [0.25, 0.3) is 0 Å². The van der Waals surface area contributed by atoms with Crippen LogP contribution in [0.3, 0.4) is 0 Å². The van der Waals surface area contributed by atoms with Crippen LogP contribution >= 0.6 is 22.7 Å². The number of hydrogen-bond acceptors (Lipinski definition) is 6. The van der Waals surface area contributed by atoms with E-state index in [1.54, 1.807) is 83.3 Å². The molecule has 0 spiro atoms. The molecule has 0 aliphatic heterocycles. The summed E-state index contributed by atoms with van der Waals surface area (Å²) in [6.07, 6.45) is 5.70. The molecular formula is C66H60Ir2N4S2Si2-4. The van der Waals surface area contributed by atoms with E-state index >= 15 is 0 Å². The summed E-state index contributed by atoms with van der Waals surface area (Å²) >= 11 is 3.53. The predicted octanol–water partition coefficient (Wildman–Crippen LogP) is 17.3. The van der Waals surface area contributed by atoms with E-state index in [2.05, 4.69) is 138 Å². The van der Waals surface area contributed by atoms with Crippen LogP contribution in [-0.4, -0.2) is 36.1 Å². The molecule has 2 radical (unpaired) electrons. The van der Waals surface area contributed by atoms with Gasteiger partial charge in [0.2, 0.25) is 0 Å². The Labute approximate surface area is 503 Å². The molecule has 0 amide bonds. The molecule has 0 unspecified atom stereocenters. The van der Waals surface area contributed by atoms with E-state index < -0.39 is 43.6 Å². The SMILES string of the molecule is [2H]C([2H])([2H])c1ccc(-c2[c-]cc([Si](C)(C)C)c3c2sc2ccccc23)nc1.[2H]C([2H])([2H])c1ccc(-c2[c-]ccc3c2sc2cccc([Si](C)(C)C)c23)nc1.[2H]C([2H])([2H])c1ccc(-c2[c-]cccc2)nc1.[2H]C([2H])([2H])c1ccc(-c2[c-]cccc2)nc1.[Ir].[Ir]. The minimum Gasteiger partial charge on any atom is -0.304 e. The second-order valence-electron chi connectivity index (χ2n) is 19.5. The average Bonchev–Trinajstić information content (AvgIpc) is 1.61. The second kappa shape index (κ2) is 25.5. The van der Waals surface area contributed by atoms with Crippen LogP contribution in [0.4, 0.5) is 0 Å². The summed E-state index contributed by atoms with van der Waals surface area (Å²) in [7, 11) is -3.04. The summed E-state index contributed by atoms with van der Waals surface area (Å²) in [5.74, 6) is 0. The minimum absolute atomic E-state index is 0. The Kier molecular flexibility index (Phi) is 14.5. The Bertz CT molecular complexity index is 4190. The van der Waals surface area contributed by atoms with Gasteiger partial charge in [-0.15, -0.1) is 118 Å². The first-order chi connectivity index (χ1) is 40.5. The maximum absolute atomic E-state index is 7.54. The maximum Gasteiger partial charge on any atom is 0.0783 e. The largest absolute Gasteiger partial charge is 0.304 e. The Morgan fingerprint density at radius 2 is 0.868 bits per heavy atom. The fourth-order valence-electron chi connectivity index (χ4n) is 8.45. The molecule has 12 rings (SSSR count). The number of benzene rings is 6. The van der Waals surface area contributed by atoms with Crippen molar-refractivity contribution in [1.82, 2.24) is 19.9 Å². The van der Waals surface area contributed by atoms with Crippen LogP contribution in [0.1, 0.15) is 38.7 Å². The first-order valence-electron chi connectivity index (χ1n) is 30.0. The monoisotopic (exact) mass is 1430 g/mol. The third-order valence-corrected chi connectivity index (χ3v) is 18.5. The van der Waals surface area contributed by atoms with Crippen LogP contribution < -0.4 is 10.4 Å². The number of aryl methyl sites for hydroxylation is 4. The van der Waals surface area contributed by atoms with Crippen molar-refractivity contribution in [2.75, 3.05) is 0 Å². The van der Waals surface area contributed by atoms with Gasteiger partial charge in [-0.2, -0.15) is 22.7 Å². The summed E-state index contributed by atoms with van der Waals surface area (Å²) in [5, 5.41) is 8.05. The van der Waals surface area contributed by atoms with Gasteiger partial charge in [0.05, 0.1) is 8.07 Å². The van der Waals surface area contributed by atoms with Crippen molar-refractivity contribution < 1.29 is 56.7 Å². The van der Waals surface area contributed by atoms with E-state index in [-0.39, 0.29) is 62.5 Å². The summed E-state index contributed by atoms with van der Waals surface area (Å²) in [6.45, 7) is 5.72. The molecule has 12 aromatic rings. The number of nitrogens with zero attached hydrogens (tertiary/aromatic N) is 4. The first kappa shape index (κ1) is 43.1. The van der Waals surface area contributed by atoms with Crippen LogP contribution in [0, 0.1) is 51.7 Å². The molecule has 6 aromatic carbocycles. The van der Waals surface area contributed by atoms with E-state index in [9.17, 15) is 0 Å². The van der Waals surface area contributed by atoms with Crippen molar-refractivity contribution in [3.8, 4) is 45.0 Å². The van der Waals surface area contributed by atoms with Crippen LogP contribution in [-0.2, 0) is 40.2 Å². The van der Waals surface area contributed by atoms with Crippen molar-refractivity contribution in [2.45, 2.75) is 66.7 Å². The van der Waals surface area contributed by atoms with Gasteiger partial charge in [0, 0.05) is 98.9 Å². The Balaban J connectivity index is 0.000000171. The van der Waals surface area contributed by atoms with E-state index in [0.717, 1.165) is 49.7 Å². The Morgan fingerprint density at radius 1 is 0.395 bits per heavy atom. The normalized spacial score (nSPS) is 14.1. The molecule has 0 atom stereocenters. The molecule has 0 fully saturated rings. The van der Waals surface area contributed by atoms with E-state index in [0.29, 0.717) is 0 Å². The van der Waals surface area contributed by atoms with Gasteiger partial charge in [0.1, 0.15) is 0 Å². The Morgan fingerprint density at radius 3 is 1.34 bits per heavy atom. The molecule has 6 heterocycles. The van der Waals surface area contributed by atoms with E-state index in [4.69, 9.17) is 16.4 Å². The number of fused-ring (bicyclic) bond motifs is 6. The third kappa shape index (κ3) is 13.6. The molecular weight excluding hydrogens is 1350 g/mol. The standard InChI is InChI=1S/2C21H20NSSi.2C12H10N.2Ir/c1-14-11-12-17(22-13-14)15-7-5-8-16-20-18(23-21(15)16)9-6-10-19(20)24(2,3)4;1-14-9-11-17(22-13-14)15-10-12-19(24(2,3)4)20-16-7-5-6-8-18(16)23-21(15)20;2*1-10-7-8-12(13-9-10)11-5-3-2-4-6-11;;/h5-6,8-13H,1-4H3;5-9,11-13H,1-4H3;2*2-5,7-9H,1H3;;/q4*-1;;/i4*1D3;;. The molecule has 76 heavy (non-hydrogen) atoms. The molecule has 0 N–H and O–H groups in total. The van der Waals surface area contributed by atoms with E-state index in [1.807, 2.05) is 42.5 Å². The van der Waals surface area contributed by atoms with Gasteiger partial charge in [-0.3, -0.25) is 0 Å². The summed E-state index contributed by atoms with van der Waals surface area (Å²) in [5.41, 5.74) is 7.63. The number of aromatic nitrogens is 4. The summed E-state index contributed by atoms with van der Waals surface area (Å²) < 4.78 is 93.5. The molecule has 4 nitrogen and oxygen atoms in total. The molecule has 0 bridgehead atoms. The predicted molar refractivity (Wildman–Crippen MR) is 325 cm³/mol. The minimum atomic E-state index is -2.14. The van der Waals surface area contributed by atoms with Gasteiger partial charge < -0.3 is 19.9 Å². The van der Waals surface area contributed by atoms with Crippen molar-refractivity contribution >= 4 is 89.5 Å². The number of pyridine rings is 4. The molecule has 10 heteroatoms. The van der Waals surface area contributed by atoms with Gasteiger partial charge in [-0.25, -0.2) is 0 Å². The summed E-state index contributed by atoms with van der Waals surface area (Å²) in [4.78, 5) is 17.1. The molecule has 0 saturated carbocycles. The fraction of sp³-hybridized carbons (Fsp3) is 0.152. The van der Waals surface area contributed by atoms with Gasteiger partial charge in [0.15, 0.2) is 0 Å². The topological polar surface area (TPSA) is 51.6 Å². The molecule has 0 saturated heterocycles. The van der Waals surface area contributed by atoms with Gasteiger partial charge in [-0.1, -0.05) is 134 Å². The van der Waals surface area contributed by atoms with E-state index in [1.165, 1.54) is 70.8 Å². The quantitative estimate of drug-likeness (QED) is 0.123. The van der Waals surface area contributed by atoms with Crippen LogP contribution in [0.5, 0.6) is 0 Å². The van der Waals surface area contributed by atoms with Gasteiger partial charge >= 0.3 is 0 Å². The zero-order valence-electron chi connectivity index (χ0n) is 54.6. The number of rotatable bonds is 6. The number of thiophene rings is 2. The van der Waals surface area contributed by atoms with Crippen molar-refractivity contribution in [3.05, 3.63) is 229 Å². The first-order valence-corrected chi connectivity index (χ1v) is 32.6. The van der Waals surface area contributed by atoms with Gasteiger partial charge in [-0.05, 0) is 105 Å². The zero-order valence-corrected chi connectivity index (χ0v) is 51.0. The van der Waals surface area contributed by atoms with Crippen LogP contribution in [0.25, 0.3) is 85.4 Å². The smallest absolute Gasteiger partial charge is 0.0783 e. The van der Waals surface area contributed by atoms with Crippen molar-refractivity contribution in [3.63, 3.8) is 0 Å². The number of hydrogen-bond donors (Lipinski definition) is 0. The van der Waals surface area contributed by atoms with Crippen LogP contribution in [0.2, 0.25) is 39.3 Å². The molecule has 386 valence electrons. The average molecular weight is 1430 g/mol. The van der Waals surface area contributed by atoms with Crippen molar-refractivity contribution in [1.29, 1.82) is 0 Å². The summed E-state index contributed by atoms with van der Waals surface area (Å²) in [6, 6.07) is 62.5. The zero-order chi connectivity index (χ0) is 62.0. The van der Waals surface area contributed by atoms with Crippen molar-refractivity contribution in [2.24, 2.45) is 0 Å². The molecule has 6 aromatic heterocycles. The Hall–Kier alpha value is -5.91. The third-order valence-electron chi connectivity index (χ3n) is 12.1. The maximum atomic E-state index is 7.54. The fourth-order valence-corrected chi connectivity index (χ4v) is 14.2. The second-order valence-corrected chi connectivity index (χ2v) is 31.7. The van der Waals surface area contributed by atoms with Crippen LogP contribution in [0.15, 0.2) is 183 Å².